The Hall–Kier alpha value is -2.21. The molecule has 0 radical (unpaired) electrons. The van der Waals surface area contributed by atoms with Crippen LogP contribution >= 0.6 is 11.6 Å². The number of halogens is 1. The molecule has 0 aromatic heterocycles. The summed E-state index contributed by atoms with van der Waals surface area (Å²) >= 11 is 6.10. The van der Waals surface area contributed by atoms with Gasteiger partial charge in [0.1, 0.15) is 0 Å². The number of rotatable bonds is 8. The van der Waals surface area contributed by atoms with Gasteiger partial charge in [-0.15, -0.1) is 6.58 Å². The molecule has 1 N–H and O–H groups in total. The van der Waals surface area contributed by atoms with Gasteiger partial charge in [0.15, 0.2) is 17.6 Å². The van der Waals surface area contributed by atoms with E-state index in [2.05, 4.69) is 11.9 Å². The summed E-state index contributed by atoms with van der Waals surface area (Å²) in [4.78, 5) is 23.8. The van der Waals surface area contributed by atoms with Crippen molar-refractivity contribution in [1.29, 1.82) is 0 Å². The Kier molecular flexibility index (Phi) is 7.41. The first-order valence-electron chi connectivity index (χ1n) is 7.04. The van der Waals surface area contributed by atoms with E-state index in [1.54, 1.807) is 0 Å². The minimum Gasteiger partial charge on any atom is -0.493 e. The van der Waals surface area contributed by atoms with Crippen molar-refractivity contribution in [3.63, 3.8) is 0 Å². The molecular weight excluding hydrogens is 322 g/mol. The Morgan fingerprint density at radius 2 is 2.13 bits per heavy atom. The van der Waals surface area contributed by atoms with Gasteiger partial charge in [-0.2, -0.15) is 0 Å². The van der Waals surface area contributed by atoms with Crippen molar-refractivity contribution in [1.82, 2.24) is 5.32 Å². The summed E-state index contributed by atoms with van der Waals surface area (Å²) in [5.41, 5.74) is 0.165. The van der Waals surface area contributed by atoms with E-state index in [1.807, 2.05) is 6.92 Å². The molecule has 0 spiro atoms. The number of benzene rings is 1. The molecule has 1 rings (SSSR count). The first kappa shape index (κ1) is 18.8. The number of hydrogen-bond donors (Lipinski definition) is 1. The molecule has 6 nitrogen and oxygen atoms in total. The molecule has 1 atom stereocenters. The lowest BCUT2D eigenvalue weighted by Gasteiger charge is -2.15. The van der Waals surface area contributed by atoms with Gasteiger partial charge in [-0.1, -0.05) is 17.7 Å². The lowest BCUT2D eigenvalue weighted by Crippen LogP contribution is -2.35. The largest absolute Gasteiger partial charge is 0.493 e. The lowest BCUT2D eigenvalue weighted by atomic mass is 10.2. The zero-order chi connectivity index (χ0) is 17.4. The number of hydrogen-bond acceptors (Lipinski definition) is 5. The van der Waals surface area contributed by atoms with E-state index in [0.717, 1.165) is 0 Å². The zero-order valence-corrected chi connectivity index (χ0v) is 14.1. The highest BCUT2D eigenvalue weighted by molar-refractivity contribution is 6.32. The fourth-order valence-corrected chi connectivity index (χ4v) is 1.99. The normalized spacial score (nSPS) is 11.3. The minimum absolute atomic E-state index is 0.165. The van der Waals surface area contributed by atoms with Crippen molar-refractivity contribution in [3.05, 3.63) is 35.4 Å². The zero-order valence-electron chi connectivity index (χ0n) is 13.3. The van der Waals surface area contributed by atoms with Gasteiger partial charge in [-0.05, 0) is 26.0 Å². The van der Waals surface area contributed by atoms with Crippen LogP contribution < -0.4 is 14.8 Å². The van der Waals surface area contributed by atoms with Crippen LogP contribution in [0, 0.1) is 0 Å². The average molecular weight is 342 g/mol. The Morgan fingerprint density at radius 3 is 2.70 bits per heavy atom. The Labute approximate surface area is 140 Å². The topological polar surface area (TPSA) is 73.9 Å². The fraction of sp³-hybridized carbons (Fsp3) is 0.375. The third-order valence-corrected chi connectivity index (χ3v) is 3.11. The van der Waals surface area contributed by atoms with Crippen LogP contribution in [-0.4, -0.2) is 38.2 Å². The van der Waals surface area contributed by atoms with Crippen molar-refractivity contribution < 1.29 is 23.8 Å². The molecule has 0 unspecified atom stereocenters. The standard InChI is InChI=1S/C16H20ClNO5/c1-5-7-18-15(19)10(3)23-16(20)11-8-12(17)14(22-6-2)13(9-11)21-4/h5,8-10H,1,6-7H2,2-4H3,(H,18,19)/t10-/m1/s1. The highest BCUT2D eigenvalue weighted by atomic mass is 35.5. The molecule has 23 heavy (non-hydrogen) atoms. The van der Waals surface area contributed by atoms with E-state index in [4.69, 9.17) is 25.8 Å². The van der Waals surface area contributed by atoms with Gasteiger partial charge in [-0.3, -0.25) is 4.79 Å². The van der Waals surface area contributed by atoms with Gasteiger partial charge < -0.3 is 19.5 Å². The monoisotopic (exact) mass is 341 g/mol. The smallest absolute Gasteiger partial charge is 0.339 e. The number of carbonyl (C=O) groups is 2. The van der Waals surface area contributed by atoms with Crippen LogP contribution in [-0.2, 0) is 9.53 Å². The highest BCUT2D eigenvalue weighted by Gasteiger charge is 2.21. The Morgan fingerprint density at radius 1 is 1.43 bits per heavy atom. The van der Waals surface area contributed by atoms with Gasteiger partial charge in [0, 0.05) is 6.54 Å². The average Bonchev–Trinajstić information content (AvgIpc) is 2.53. The van der Waals surface area contributed by atoms with Gasteiger partial charge in [0.25, 0.3) is 5.91 Å². The summed E-state index contributed by atoms with van der Waals surface area (Å²) < 4.78 is 15.7. The molecule has 0 aliphatic heterocycles. The number of amides is 1. The molecule has 0 bridgehead atoms. The van der Waals surface area contributed by atoms with E-state index in [9.17, 15) is 9.59 Å². The molecule has 0 aliphatic rings. The fourth-order valence-electron chi connectivity index (χ4n) is 1.72. The number of methoxy groups -OCH3 is 1. The molecule has 1 amide bonds. The van der Waals surface area contributed by atoms with E-state index in [1.165, 1.54) is 32.2 Å². The maximum absolute atomic E-state index is 12.1. The van der Waals surface area contributed by atoms with Crippen LogP contribution in [0.4, 0.5) is 0 Å². The van der Waals surface area contributed by atoms with E-state index < -0.39 is 18.0 Å². The minimum atomic E-state index is -0.946. The summed E-state index contributed by atoms with van der Waals surface area (Å²) in [6, 6.07) is 2.86. The molecule has 0 heterocycles. The lowest BCUT2D eigenvalue weighted by molar-refractivity contribution is -0.128. The Balaban J connectivity index is 2.89. The van der Waals surface area contributed by atoms with E-state index in [0.29, 0.717) is 24.7 Å². The maximum atomic E-state index is 12.1. The summed E-state index contributed by atoms with van der Waals surface area (Å²) in [5.74, 6) is -0.434. The van der Waals surface area contributed by atoms with Crippen molar-refractivity contribution in [2.24, 2.45) is 0 Å². The van der Waals surface area contributed by atoms with Crippen molar-refractivity contribution in [2.45, 2.75) is 20.0 Å². The predicted octanol–water partition coefficient (Wildman–Crippen LogP) is 2.59. The van der Waals surface area contributed by atoms with Crippen LogP contribution in [0.1, 0.15) is 24.2 Å². The van der Waals surface area contributed by atoms with Crippen molar-refractivity contribution in [3.8, 4) is 11.5 Å². The van der Waals surface area contributed by atoms with E-state index >= 15 is 0 Å². The quantitative estimate of drug-likeness (QED) is 0.581. The molecular formula is C16H20ClNO5. The van der Waals surface area contributed by atoms with Gasteiger partial charge in [0.2, 0.25) is 0 Å². The predicted molar refractivity (Wildman–Crippen MR) is 87.3 cm³/mol. The molecule has 1 aromatic rings. The molecule has 0 fully saturated rings. The van der Waals surface area contributed by atoms with Crippen LogP contribution in [0.25, 0.3) is 0 Å². The molecule has 1 aromatic carbocycles. The molecule has 0 aliphatic carbocycles. The molecule has 0 saturated heterocycles. The summed E-state index contributed by atoms with van der Waals surface area (Å²) in [6.07, 6.45) is 0.586. The highest BCUT2D eigenvalue weighted by Crippen LogP contribution is 2.36. The molecule has 0 saturated carbocycles. The van der Waals surface area contributed by atoms with E-state index in [-0.39, 0.29) is 10.6 Å². The van der Waals surface area contributed by atoms with Crippen LogP contribution in [0.2, 0.25) is 5.02 Å². The number of carbonyl (C=O) groups excluding carboxylic acids is 2. The summed E-state index contributed by atoms with van der Waals surface area (Å²) in [7, 11) is 1.44. The molecule has 126 valence electrons. The van der Waals surface area contributed by atoms with Crippen molar-refractivity contribution >= 4 is 23.5 Å². The third kappa shape index (κ3) is 5.17. The maximum Gasteiger partial charge on any atom is 0.339 e. The van der Waals surface area contributed by atoms with Crippen LogP contribution in [0.5, 0.6) is 11.5 Å². The first-order valence-corrected chi connectivity index (χ1v) is 7.42. The summed E-state index contributed by atoms with van der Waals surface area (Å²) in [6.45, 7) is 7.47. The van der Waals surface area contributed by atoms with Gasteiger partial charge in [-0.25, -0.2) is 4.79 Å². The van der Waals surface area contributed by atoms with Crippen LogP contribution in [0.15, 0.2) is 24.8 Å². The number of nitrogens with one attached hydrogen (secondary N) is 1. The number of ether oxygens (including phenoxy) is 3. The SMILES string of the molecule is C=CCNC(=O)[C@@H](C)OC(=O)c1cc(Cl)c(OCC)c(OC)c1. The first-order chi connectivity index (χ1) is 10.9. The van der Waals surface area contributed by atoms with Gasteiger partial charge in [0.05, 0.1) is 24.3 Å². The molecule has 7 heteroatoms. The second-order valence-electron chi connectivity index (χ2n) is 4.50. The summed E-state index contributed by atoms with van der Waals surface area (Å²) in [5, 5.41) is 2.77. The third-order valence-electron chi connectivity index (χ3n) is 2.83. The number of esters is 1. The van der Waals surface area contributed by atoms with Crippen molar-refractivity contribution in [2.75, 3.05) is 20.3 Å². The second kappa shape index (κ2) is 9.05. The van der Waals surface area contributed by atoms with Gasteiger partial charge >= 0.3 is 5.97 Å². The van der Waals surface area contributed by atoms with Crippen LogP contribution in [0.3, 0.4) is 0 Å². The Bertz CT molecular complexity index is 588. The second-order valence-corrected chi connectivity index (χ2v) is 4.91.